The van der Waals surface area contributed by atoms with E-state index >= 15 is 0 Å². The van der Waals surface area contributed by atoms with E-state index in [0.717, 1.165) is 31.2 Å². The van der Waals surface area contributed by atoms with Gasteiger partial charge in [0.15, 0.2) is 5.82 Å². The van der Waals surface area contributed by atoms with Gasteiger partial charge in [0.1, 0.15) is 0 Å². The lowest BCUT2D eigenvalue weighted by Gasteiger charge is -2.25. The largest absolute Gasteiger partial charge is 0.354 e. The fourth-order valence-electron chi connectivity index (χ4n) is 2.63. The van der Waals surface area contributed by atoms with Gasteiger partial charge in [0, 0.05) is 13.0 Å². The highest BCUT2D eigenvalue weighted by atomic mass is 15.4. The van der Waals surface area contributed by atoms with Crippen LogP contribution < -0.4 is 11.1 Å². The Balaban J connectivity index is 2.00. The van der Waals surface area contributed by atoms with E-state index in [1.165, 1.54) is 11.1 Å². The first-order chi connectivity index (χ1) is 9.29. The van der Waals surface area contributed by atoms with Crippen molar-refractivity contribution in [1.82, 2.24) is 14.8 Å². The van der Waals surface area contributed by atoms with Crippen molar-refractivity contribution in [2.24, 2.45) is 5.73 Å². The van der Waals surface area contributed by atoms with Crippen LogP contribution in [0.25, 0.3) is 0 Å². The summed E-state index contributed by atoms with van der Waals surface area (Å²) in [5, 5.41) is 7.91. The van der Waals surface area contributed by atoms with Crippen molar-refractivity contribution in [3.8, 4) is 0 Å². The van der Waals surface area contributed by atoms with Crippen LogP contribution in [-0.2, 0) is 6.42 Å². The Morgan fingerprint density at radius 1 is 1.42 bits per heavy atom. The van der Waals surface area contributed by atoms with Gasteiger partial charge >= 0.3 is 0 Å². The van der Waals surface area contributed by atoms with Crippen LogP contribution >= 0.6 is 0 Å². The summed E-state index contributed by atoms with van der Waals surface area (Å²) in [6.07, 6.45) is 1.76. The van der Waals surface area contributed by atoms with Gasteiger partial charge in [0.25, 0.3) is 0 Å². The molecule has 3 N–H and O–H groups in total. The number of nitrogens with two attached hydrogens (primary N) is 1. The molecule has 1 aromatic heterocycles. The standard InChI is InChI=1S/C14H19N5/c1-10-4-2-3-5-11(10)12-7-9-16-14-17-13(6-8-15)18-19(12)14/h2-5,12H,6-9,15H2,1H3,(H,16,17,18). The number of rotatable bonds is 3. The van der Waals surface area contributed by atoms with Crippen LogP contribution in [0.3, 0.4) is 0 Å². The summed E-state index contributed by atoms with van der Waals surface area (Å²) in [5.41, 5.74) is 8.21. The maximum atomic E-state index is 5.58. The number of aryl methyl sites for hydroxylation is 1. The van der Waals surface area contributed by atoms with Crippen molar-refractivity contribution in [2.45, 2.75) is 25.8 Å². The van der Waals surface area contributed by atoms with Crippen LogP contribution in [0.2, 0.25) is 0 Å². The van der Waals surface area contributed by atoms with Gasteiger partial charge in [-0.15, -0.1) is 0 Å². The lowest BCUT2D eigenvalue weighted by molar-refractivity contribution is 0.475. The highest BCUT2D eigenvalue weighted by molar-refractivity contribution is 5.36. The molecule has 0 amide bonds. The monoisotopic (exact) mass is 257 g/mol. The van der Waals surface area contributed by atoms with Gasteiger partial charge in [0.2, 0.25) is 5.95 Å². The third-order valence-electron chi connectivity index (χ3n) is 3.59. The van der Waals surface area contributed by atoms with Crippen molar-refractivity contribution >= 4 is 5.95 Å². The van der Waals surface area contributed by atoms with Crippen LogP contribution in [0.1, 0.15) is 29.4 Å². The Morgan fingerprint density at radius 3 is 3.05 bits per heavy atom. The summed E-state index contributed by atoms with van der Waals surface area (Å²) in [7, 11) is 0. The zero-order valence-electron chi connectivity index (χ0n) is 11.1. The number of fused-ring (bicyclic) bond motifs is 1. The molecule has 0 aliphatic carbocycles. The molecule has 2 heterocycles. The normalized spacial score (nSPS) is 17.9. The second-order valence-corrected chi connectivity index (χ2v) is 4.92. The molecule has 0 radical (unpaired) electrons. The Labute approximate surface area is 112 Å². The molecule has 0 spiro atoms. The molecule has 0 saturated carbocycles. The average molecular weight is 257 g/mol. The fourth-order valence-corrected chi connectivity index (χ4v) is 2.63. The Hall–Kier alpha value is -1.88. The van der Waals surface area contributed by atoms with Crippen molar-refractivity contribution < 1.29 is 0 Å². The molecule has 1 unspecified atom stereocenters. The molecule has 0 saturated heterocycles. The van der Waals surface area contributed by atoms with Crippen LogP contribution in [0.4, 0.5) is 5.95 Å². The lowest BCUT2D eigenvalue weighted by Crippen LogP contribution is -2.25. The molecule has 1 atom stereocenters. The van der Waals surface area contributed by atoms with Crippen LogP contribution in [0, 0.1) is 6.92 Å². The van der Waals surface area contributed by atoms with Crippen molar-refractivity contribution in [3.63, 3.8) is 0 Å². The lowest BCUT2D eigenvalue weighted by atomic mass is 9.98. The summed E-state index contributed by atoms with van der Waals surface area (Å²) in [6.45, 7) is 3.66. The highest BCUT2D eigenvalue weighted by Crippen LogP contribution is 2.30. The maximum Gasteiger partial charge on any atom is 0.221 e. The molecule has 100 valence electrons. The zero-order chi connectivity index (χ0) is 13.2. The van der Waals surface area contributed by atoms with E-state index in [4.69, 9.17) is 5.73 Å². The quantitative estimate of drug-likeness (QED) is 0.874. The number of hydrogen-bond donors (Lipinski definition) is 2. The smallest absolute Gasteiger partial charge is 0.221 e. The molecule has 5 nitrogen and oxygen atoms in total. The average Bonchev–Trinajstić information content (AvgIpc) is 2.82. The van der Waals surface area contributed by atoms with Crippen molar-refractivity contribution in [2.75, 3.05) is 18.4 Å². The van der Waals surface area contributed by atoms with E-state index in [0.29, 0.717) is 6.54 Å². The summed E-state index contributed by atoms with van der Waals surface area (Å²) >= 11 is 0. The van der Waals surface area contributed by atoms with Crippen LogP contribution in [0.5, 0.6) is 0 Å². The fraction of sp³-hybridized carbons (Fsp3) is 0.429. The molecule has 1 aromatic carbocycles. The third kappa shape index (κ3) is 2.21. The first kappa shape index (κ1) is 12.2. The van der Waals surface area contributed by atoms with Gasteiger partial charge in [-0.3, -0.25) is 0 Å². The predicted molar refractivity (Wildman–Crippen MR) is 75.2 cm³/mol. The molecule has 1 aliphatic rings. The maximum absolute atomic E-state index is 5.58. The minimum absolute atomic E-state index is 0.275. The number of nitrogens with one attached hydrogen (secondary N) is 1. The van der Waals surface area contributed by atoms with Gasteiger partial charge in [-0.2, -0.15) is 10.1 Å². The Bertz CT molecular complexity index is 575. The Kier molecular flexibility index (Phi) is 3.21. The van der Waals surface area contributed by atoms with E-state index in [-0.39, 0.29) is 6.04 Å². The SMILES string of the molecule is Cc1ccccc1C1CCNc2nc(CCN)nn21. The van der Waals surface area contributed by atoms with Gasteiger partial charge in [-0.1, -0.05) is 24.3 Å². The number of benzene rings is 1. The van der Waals surface area contributed by atoms with Gasteiger partial charge in [0.05, 0.1) is 6.04 Å². The molecule has 0 fully saturated rings. The van der Waals surface area contributed by atoms with E-state index in [1.54, 1.807) is 0 Å². The van der Waals surface area contributed by atoms with E-state index in [9.17, 15) is 0 Å². The summed E-state index contributed by atoms with van der Waals surface area (Å²) < 4.78 is 2.01. The zero-order valence-corrected chi connectivity index (χ0v) is 11.1. The highest BCUT2D eigenvalue weighted by Gasteiger charge is 2.24. The topological polar surface area (TPSA) is 68.8 Å². The van der Waals surface area contributed by atoms with Gasteiger partial charge in [-0.05, 0) is 31.0 Å². The summed E-state index contributed by atoms with van der Waals surface area (Å²) in [5.74, 6) is 1.69. The molecular formula is C14H19N5. The first-order valence-corrected chi connectivity index (χ1v) is 6.74. The van der Waals surface area contributed by atoms with Crippen LogP contribution in [-0.4, -0.2) is 27.9 Å². The van der Waals surface area contributed by atoms with Crippen molar-refractivity contribution in [1.29, 1.82) is 0 Å². The number of nitrogens with zero attached hydrogens (tertiary/aromatic N) is 3. The Morgan fingerprint density at radius 2 is 2.26 bits per heavy atom. The molecule has 5 heteroatoms. The number of aromatic nitrogens is 3. The van der Waals surface area contributed by atoms with Crippen molar-refractivity contribution in [3.05, 3.63) is 41.2 Å². The molecule has 0 bridgehead atoms. The van der Waals surface area contributed by atoms with E-state index < -0.39 is 0 Å². The molecular weight excluding hydrogens is 238 g/mol. The second-order valence-electron chi connectivity index (χ2n) is 4.92. The number of hydrogen-bond acceptors (Lipinski definition) is 4. The minimum atomic E-state index is 0.275. The first-order valence-electron chi connectivity index (χ1n) is 6.74. The van der Waals surface area contributed by atoms with E-state index in [1.807, 2.05) is 4.68 Å². The predicted octanol–water partition coefficient (Wildman–Crippen LogP) is 1.49. The summed E-state index contributed by atoms with van der Waals surface area (Å²) in [6, 6.07) is 8.76. The van der Waals surface area contributed by atoms with Gasteiger partial charge in [-0.25, -0.2) is 4.68 Å². The summed E-state index contributed by atoms with van der Waals surface area (Å²) in [4.78, 5) is 4.51. The van der Waals surface area contributed by atoms with Crippen LogP contribution in [0.15, 0.2) is 24.3 Å². The second kappa shape index (κ2) is 5.01. The molecule has 2 aromatic rings. The number of anilines is 1. The van der Waals surface area contributed by atoms with Gasteiger partial charge < -0.3 is 11.1 Å². The molecule has 19 heavy (non-hydrogen) atoms. The minimum Gasteiger partial charge on any atom is -0.354 e. The third-order valence-corrected chi connectivity index (χ3v) is 3.59. The van der Waals surface area contributed by atoms with E-state index in [2.05, 4.69) is 46.6 Å². The molecule has 3 rings (SSSR count). The molecule has 1 aliphatic heterocycles.